The zero-order chi connectivity index (χ0) is 11.7. The van der Waals surface area contributed by atoms with Crippen LogP contribution in [0.2, 0.25) is 0 Å². The van der Waals surface area contributed by atoms with Crippen molar-refractivity contribution in [3.63, 3.8) is 0 Å². The summed E-state index contributed by atoms with van der Waals surface area (Å²) < 4.78 is 10.6. The molecule has 0 radical (unpaired) electrons. The van der Waals surface area contributed by atoms with Crippen molar-refractivity contribution in [2.45, 2.75) is 0 Å². The van der Waals surface area contributed by atoms with Crippen LogP contribution in [0.3, 0.4) is 0 Å². The molecular weight excluding hydrogens is 323 g/mol. The van der Waals surface area contributed by atoms with Gasteiger partial charge in [-0.15, -0.1) is 5.10 Å². The van der Waals surface area contributed by atoms with Crippen molar-refractivity contribution in [3.8, 4) is 5.88 Å². The molecule has 0 spiro atoms. The first-order valence-electron chi connectivity index (χ1n) is 4.74. The molecule has 1 aromatic rings. The SMILES string of the molecule is CN1CCOc2nn(C)c(=O)c(C=NI)c21. The number of likely N-dealkylation sites (N-methyl/N-ethyl adjacent to an activating group) is 1. The zero-order valence-corrected chi connectivity index (χ0v) is 11.1. The van der Waals surface area contributed by atoms with Crippen LogP contribution in [0, 0.1) is 0 Å². The fraction of sp³-hybridized carbons (Fsp3) is 0.444. The summed E-state index contributed by atoms with van der Waals surface area (Å²) in [6.45, 7) is 1.32. The highest BCUT2D eigenvalue weighted by molar-refractivity contribution is 14.1. The van der Waals surface area contributed by atoms with E-state index in [0.717, 1.165) is 12.2 Å². The van der Waals surface area contributed by atoms with Gasteiger partial charge >= 0.3 is 0 Å². The van der Waals surface area contributed by atoms with E-state index in [2.05, 4.69) is 8.30 Å². The smallest absolute Gasteiger partial charge is 0.277 e. The molecular formula is C9H11IN4O2. The molecule has 2 rings (SSSR count). The fourth-order valence-corrected chi connectivity index (χ4v) is 1.92. The average molecular weight is 334 g/mol. The van der Waals surface area contributed by atoms with Gasteiger partial charge in [-0.1, -0.05) is 0 Å². The third kappa shape index (κ3) is 1.79. The quantitative estimate of drug-likeness (QED) is 0.550. The minimum Gasteiger partial charge on any atom is -0.473 e. The van der Waals surface area contributed by atoms with Crippen LogP contribution < -0.4 is 15.2 Å². The van der Waals surface area contributed by atoms with Crippen LogP contribution in [0.15, 0.2) is 8.00 Å². The van der Waals surface area contributed by atoms with Crippen molar-refractivity contribution in [2.24, 2.45) is 10.3 Å². The Labute approximate surface area is 106 Å². The minimum absolute atomic E-state index is 0.170. The van der Waals surface area contributed by atoms with E-state index in [-0.39, 0.29) is 5.56 Å². The number of nitrogens with zero attached hydrogens (tertiary/aromatic N) is 4. The Morgan fingerprint density at radius 2 is 2.31 bits per heavy atom. The summed E-state index contributed by atoms with van der Waals surface area (Å²) in [4.78, 5) is 13.9. The Morgan fingerprint density at radius 1 is 1.56 bits per heavy atom. The molecule has 0 aromatic carbocycles. The molecule has 1 aliphatic rings. The van der Waals surface area contributed by atoms with Gasteiger partial charge in [0.2, 0.25) is 0 Å². The molecule has 0 aliphatic carbocycles. The molecule has 86 valence electrons. The van der Waals surface area contributed by atoms with Gasteiger partial charge in [0.1, 0.15) is 12.3 Å². The normalized spacial score (nSPS) is 15.1. The lowest BCUT2D eigenvalue weighted by atomic mass is 10.2. The van der Waals surface area contributed by atoms with Crippen molar-refractivity contribution >= 4 is 34.8 Å². The highest BCUT2D eigenvalue weighted by Crippen LogP contribution is 2.28. The van der Waals surface area contributed by atoms with Crippen LogP contribution in [0.1, 0.15) is 5.56 Å². The van der Waals surface area contributed by atoms with E-state index < -0.39 is 0 Å². The number of fused-ring (bicyclic) bond motifs is 1. The highest BCUT2D eigenvalue weighted by Gasteiger charge is 2.23. The largest absolute Gasteiger partial charge is 0.473 e. The predicted octanol–water partition coefficient (Wildman–Crippen LogP) is 0.378. The van der Waals surface area contributed by atoms with Crippen LogP contribution in [0.4, 0.5) is 5.69 Å². The third-order valence-corrected chi connectivity index (χ3v) is 2.73. The Bertz CT molecular complexity index is 497. The maximum Gasteiger partial charge on any atom is 0.277 e. The summed E-state index contributed by atoms with van der Waals surface area (Å²) in [5.74, 6) is 0.488. The van der Waals surface area contributed by atoms with Crippen molar-refractivity contribution in [3.05, 3.63) is 15.9 Å². The highest BCUT2D eigenvalue weighted by atomic mass is 127. The summed E-state index contributed by atoms with van der Waals surface area (Å²) in [6, 6.07) is 0. The molecule has 0 fully saturated rings. The van der Waals surface area contributed by atoms with Crippen molar-refractivity contribution in [1.82, 2.24) is 9.78 Å². The van der Waals surface area contributed by atoms with E-state index >= 15 is 0 Å². The maximum absolute atomic E-state index is 11.9. The topological polar surface area (TPSA) is 59.7 Å². The lowest BCUT2D eigenvalue weighted by Gasteiger charge is -2.27. The molecule has 0 saturated heterocycles. The first-order valence-corrected chi connectivity index (χ1v) is 5.71. The Kier molecular flexibility index (Phi) is 3.13. The standard InChI is InChI=1S/C9H11IN4O2/c1-13-3-4-16-8-7(13)6(5-11-10)9(15)14(2)12-8/h5H,3-4H2,1-2H3. The molecule has 0 atom stereocenters. The number of anilines is 1. The van der Waals surface area contributed by atoms with Gasteiger partial charge in [0.05, 0.1) is 35.0 Å². The molecule has 1 aromatic heterocycles. The average Bonchev–Trinajstić information content (AvgIpc) is 2.25. The summed E-state index contributed by atoms with van der Waals surface area (Å²) in [7, 11) is 3.51. The summed E-state index contributed by atoms with van der Waals surface area (Å²) in [5, 5.41) is 4.08. The maximum atomic E-state index is 11.9. The second-order valence-electron chi connectivity index (χ2n) is 3.49. The number of rotatable bonds is 1. The minimum atomic E-state index is -0.170. The van der Waals surface area contributed by atoms with Gasteiger partial charge in [-0.2, -0.15) is 0 Å². The van der Waals surface area contributed by atoms with E-state index in [4.69, 9.17) is 4.74 Å². The predicted molar refractivity (Wildman–Crippen MR) is 69.9 cm³/mol. The van der Waals surface area contributed by atoms with E-state index in [9.17, 15) is 4.79 Å². The van der Waals surface area contributed by atoms with Crippen molar-refractivity contribution < 1.29 is 4.74 Å². The number of hydrogen-bond donors (Lipinski definition) is 0. The molecule has 0 unspecified atom stereocenters. The van der Waals surface area contributed by atoms with Crippen LogP contribution in [0.25, 0.3) is 0 Å². The van der Waals surface area contributed by atoms with Crippen LogP contribution in [-0.2, 0) is 7.05 Å². The molecule has 0 bridgehead atoms. The lowest BCUT2D eigenvalue weighted by Crippen LogP contribution is -2.35. The van der Waals surface area contributed by atoms with Gasteiger partial charge in [0.25, 0.3) is 11.4 Å². The fourth-order valence-electron chi connectivity index (χ4n) is 1.64. The molecule has 6 nitrogen and oxygen atoms in total. The van der Waals surface area contributed by atoms with E-state index in [1.54, 1.807) is 7.05 Å². The lowest BCUT2D eigenvalue weighted by molar-refractivity contribution is 0.289. The van der Waals surface area contributed by atoms with Gasteiger partial charge in [-0.3, -0.25) is 4.79 Å². The summed E-state index contributed by atoms with van der Waals surface area (Å²) in [6.07, 6.45) is 1.54. The van der Waals surface area contributed by atoms with E-state index in [0.29, 0.717) is 18.1 Å². The summed E-state index contributed by atoms with van der Waals surface area (Å²) >= 11 is 1.84. The number of aromatic nitrogens is 2. The summed E-state index contributed by atoms with van der Waals surface area (Å²) in [5.41, 5.74) is 1.07. The monoisotopic (exact) mass is 334 g/mol. The van der Waals surface area contributed by atoms with Gasteiger partial charge in [-0.05, 0) is 0 Å². The first-order chi connectivity index (χ1) is 7.65. The Morgan fingerprint density at radius 3 is 3.00 bits per heavy atom. The van der Waals surface area contributed by atoms with Crippen LogP contribution in [-0.4, -0.2) is 36.2 Å². The number of ether oxygens (including phenoxy) is 1. The Hall–Kier alpha value is -1.12. The van der Waals surface area contributed by atoms with Crippen molar-refractivity contribution in [1.29, 1.82) is 0 Å². The molecule has 16 heavy (non-hydrogen) atoms. The van der Waals surface area contributed by atoms with E-state index in [1.807, 2.05) is 34.8 Å². The first kappa shape index (κ1) is 11.4. The Balaban J connectivity index is 2.73. The zero-order valence-electron chi connectivity index (χ0n) is 8.97. The third-order valence-electron chi connectivity index (χ3n) is 2.45. The van der Waals surface area contributed by atoms with Gasteiger partial charge in [-0.25, -0.2) is 7.89 Å². The molecule has 7 heteroatoms. The second-order valence-corrected chi connectivity index (χ2v) is 4.05. The van der Waals surface area contributed by atoms with E-state index in [1.165, 1.54) is 10.9 Å². The number of aryl methyl sites for hydroxylation is 1. The van der Waals surface area contributed by atoms with Gasteiger partial charge in [0.15, 0.2) is 0 Å². The number of hydrogen-bond acceptors (Lipinski definition) is 5. The molecule has 1 aliphatic heterocycles. The number of halogens is 1. The van der Waals surface area contributed by atoms with Gasteiger partial charge < -0.3 is 9.64 Å². The second kappa shape index (κ2) is 4.40. The molecule has 0 amide bonds. The van der Waals surface area contributed by atoms with Crippen molar-refractivity contribution in [2.75, 3.05) is 25.1 Å². The van der Waals surface area contributed by atoms with Crippen LogP contribution >= 0.6 is 22.9 Å². The van der Waals surface area contributed by atoms with Crippen LogP contribution in [0.5, 0.6) is 5.88 Å². The molecule has 0 N–H and O–H groups in total. The molecule has 0 saturated carbocycles. The molecule has 2 heterocycles. The van der Waals surface area contributed by atoms with Gasteiger partial charge in [0, 0.05) is 20.3 Å².